The van der Waals surface area contributed by atoms with Crippen molar-refractivity contribution in [3.05, 3.63) is 29.6 Å². The van der Waals surface area contributed by atoms with E-state index in [0.717, 1.165) is 36.4 Å². The third-order valence-corrected chi connectivity index (χ3v) is 3.58. The quantitative estimate of drug-likeness (QED) is 0.765. The van der Waals surface area contributed by atoms with Crippen molar-refractivity contribution in [2.75, 3.05) is 13.1 Å². The number of nitrogens with zero attached hydrogens (tertiary/aromatic N) is 1. The average Bonchev–Trinajstić information content (AvgIpc) is 2.84. The van der Waals surface area contributed by atoms with Gasteiger partial charge in [-0.3, -0.25) is 0 Å². The summed E-state index contributed by atoms with van der Waals surface area (Å²) in [4.78, 5) is 8.18. The van der Waals surface area contributed by atoms with Crippen molar-refractivity contribution in [2.45, 2.75) is 25.7 Å². The molecule has 3 rings (SSSR count). The molecule has 0 amide bonds. The molecule has 0 radical (unpaired) electrons. The lowest BCUT2D eigenvalue weighted by Crippen LogP contribution is -2.26. The Morgan fingerprint density at radius 1 is 1.38 bits per heavy atom. The van der Waals surface area contributed by atoms with Crippen LogP contribution in [0.4, 0.5) is 0 Å². The molecule has 1 aliphatic heterocycles. The van der Waals surface area contributed by atoms with Crippen LogP contribution in [0.2, 0.25) is 0 Å². The molecule has 0 bridgehead atoms. The number of aromatic amines is 1. The van der Waals surface area contributed by atoms with Crippen LogP contribution >= 0.6 is 0 Å². The predicted octanol–water partition coefficient (Wildman–Crippen LogP) is 2.12. The molecule has 1 aliphatic rings. The Morgan fingerprint density at radius 2 is 2.25 bits per heavy atom. The van der Waals surface area contributed by atoms with Crippen LogP contribution in [-0.4, -0.2) is 23.1 Å². The van der Waals surface area contributed by atoms with E-state index in [1.54, 1.807) is 0 Å². The molecular weight excluding hydrogens is 198 g/mol. The van der Waals surface area contributed by atoms with E-state index in [1.165, 1.54) is 5.56 Å². The highest BCUT2D eigenvalue weighted by Gasteiger charge is 2.33. The Balaban J connectivity index is 2.11. The van der Waals surface area contributed by atoms with E-state index in [1.807, 2.05) is 0 Å². The van der Waals surface area contributed by atoms with Crippen LogP contribution in [0.5, 0.6) is 0 Å². The van der Waals surface area contributed by atoms with Crippen LogP contribution in [0, 0.1) is 6.92 Å². The van der Waals surface area contributed by atoms with E-state index in [2.05, 4.69) is 42.3 Å². The Bertz CT molecular complexity index is 521. The van der Waals surface area contributed by atoms with Gasteiger partial charge in [0.15, 0.2) is 0 Å². The summed E-state index contributed by atoms with van der Waals surface area (Å²) in [6, 6.07) is 6.37. The number of aromatic nitrogens is 2. The zero-order valence-electron chi connectivity index (χ0n) is 9.80. The third kappa shape index (κ3) is 1.43. The number of hydrogen-bond acceptors (Lipinski definition) is 2. The van der Waals surface area contributed by atoms with Gasteiger partial charge in [-0.15, -0.1) is 0 Å². The zero-order valence-corrected chi connectivity index (χ0v) is 9.80. The molecule has 0 spiro atoms. The Labute approximate surface area is 95.3 Å². The molecular formula is C13H17N3. The van der Waals surface area contributed by atoms with Crippen LogP contribution in [0.15, 0.2) is 18.2 Å². The standard InChI is InChI=1S/C13H17N3/c1-9-3-4-10-11(7-9)16-12(15-10)13(2)5-6-14-8-13/h3-4,7,14H,5-6,8H2,1-2H3,(H,15,16). The van der Waals surface area contributed by atoms with Crippen molar-refractivity contribution in [3.63, 3.8) is 0 Å². The SMILES string of the molecule is Cc1ccc2nc(C3(C)CCNC3)[nH]c2c1. The van der Waals surface area contributed by atoms with E-state index in [-0.39, 0.29) is 5.41 Å². The van der Waals surface area contributed by atoms with Crippen LogP contribution in [0.3, 0.4) is 0 Å². The lowest BCUT2D eigenvalue weighted by atomic mass is 9.89. The number of H-pyrrole nitrogens is 1. The minimum absolute atomic E-state index is 0.174. The predicted molar refractivity (Wildman–Crippen MR) is 65.7 cm³/mol. The monoisotopic (exact) mass is 215 g/mol. The van der Waals surface area contributed by atoms with Gasteiger partial charge in [0.05, 0.1) is 11.0 Å². The van der Waals surface area contributed by atoms with Crippen LogP contribution < -0.4 is 5.32 Å². The first kappa shape index (κ1) is 9.85. The van der Waals surface area contributed by atoms with Gasteiger partial charge in [-0.1, -0.05) is 13.0 Å². The number of nitrogens with one attached hydrogen (secondary N) is 2. The maximum atomic E-state index is 4.71. The van der Waals surface area contributed by atoms with E-state index in [4.69, 9.17) is 4.98 Å². The fraction of sp³-hybridized carbons (Fsp3) is 0.462. The Morgan fingerprint density at radius 3 is 3.00 bits per heavy atom. The van der Waals surface area contributed by atoms with Gasteiger partial charge >= 0.3 is 0 Å². The number of fused-ring (bicyclic) bond motifs is 1. The summed E-state index contributed by atoms with van der Waals surface area (Å²) >= 11 is 0. The van der Waals surface area contributed by atoms with Crippen molar-refractivity contribution >= 4 is 11.0 Å². The second kappa shape index (κ2) is 3.32. The van der Waals surface area contributed by atoms with Gasteiger partial charge in [0.2, 0.25) is 0 Å². The van der Waals surface area contributed by atoms with Gasteiger partial charge in [0.25, 0.3) is 0 Å². The summed E-state index contributed by atoms with van der Waals surface area (Å²) in [5.74, 6) is 1.12. The second-order valence-electron chi connectivity index (χ2n) is 5.09. The van der Waals surface area contributed by atoms with E-state index in [0.29, 0.717) is 0 Å². The number of aryl methyl sites for hydroxylation is 1. The summed E-state index contributed by atoms with van der Waals surface area (Å²) in [7, 11) is 0. The molecule has 3 heteroatoms. The van der Waals surface area contributed by atoms with E-state index < -0.39 is 0 Å². The summed E-state index contributed by atoms with van der Waals surface area (Å²) in [6.07, 6.45) is 1.16. The highest BCUT2D eigenvalue weighted by Crippen LogP contribution is 2.29. The highest BCUT2D eigenvalue weighted by atomic mass is 15.0. The molecule has 2 heterocycles. The smallest absolute Gasteiger partial charge is 0.114 e. The molecule has 1 atom stereocenters. The van der Waals surface area contributed by atoms with Crippen molar-refractivity contribution in [1.29, 1.82) is 0 Å². The summed E-state index contributed by atoms with van der Waals surface area (Å²) in [6.45, 7) is 6.49. The molecule has 84 valence electrons. The highest BCUT2D eigenvalue weighted by molar-refractivity contribution is 5.76. The maximum absolute atomic E-state index is 4.71. The number of hydrogen-bond donors (Lipinski definition) is 2. The van der Waals surface area contributed by atoms with Crippen molar-refractivity contribution in [1.82, 2.24) is 15.3 Å². The Hall–Kier alpha value is -1.35. The van der Waals surface area contributed by atoms with Crippen LogP contribution in [-0.2, 0) is 5.41 Å². The molecule has 1 saturated heterocycles. The number of rotatable bonds is 1. The third-order valence-electron chi connectivity index (χ3n) is 3.58. The molecule has 0 aliphatic carbocycles. The van der Waals surface area contributed by atoms with Crippen molar-refractivity contribution < 1.29 is 0 Å². The molecule has 1 aromatic carbocycles. The van der Waals surface area contributed by atoms with Gasteiger partial charge in [-0.05, 0) is 37.6 Å². The topological polar surface area (TPSA) is 40.7 Å². The second-order valence-corrected chi connectivity index (χ2v) is 5.09. The first-order chi connectivity index (χ1) is 7.67. The molecule has 2 aromatic rings. The van der Waals surface area contributed by atoms with Gasteiger partial charge in [0, 0.05) is 12.0 Å². The zero-order chi connectivity index (χ0) is 11.2. The lowest BCUT2D eigenvalue weighted by Gasteiger charge is -2.18. The van der Waals surface area contributed by atoms with Gasteiger partial charge in [-0.25, -0.2) is 4.98 Å². The average molecular weight is 215 g/mol. The Kier molecular flexibility index (Phi) is 2.04. The summed E-state index contributed by atoms with van der Waals surface area (Å²) in [5.41, 5.74) is 3.68. The molecule has 1 unspecified atom stereocenters. The largest absolute Gasteiger partial charge is 0.341 e. The molecule has 0 saturated carbocycles. The van der Waals surface area contributed by atoms with Crippen LogP contribution in [0.1, 0.15) is 24.7 Å². The maximum Gasteiger partial charge on any atom is 0.114 e. The van der Waals surface area contributed by atoms with Gasteiger partial charge in [0.1, 0.15) is 5.82 Å². The number of benzene rings is 1. The van der Waals surface area contributed by atoms with E-state index in [9.17, 15) is 0 Å². The molecule has 3 nitrogen and oxygen atoms in total. The van der Waals surface area contributed by atoms with Crippen LogP contribution in [0.25, 0.3) is 11.0 Å². The molecule has 2 N–H and O–H groups in total. The molecule has 1 aromatic heterocycles. The normalized spacial score (nSPS) is 25.4. The molecule has 16 heavy (non-hydrogen) atoms. The fourth-order valence-corrected chi connectivity index (χ4v) is 2.43. The van der Waals surface area contributed by atoms with Crippen molar-refractivity contribution in [3.8, 4) is 0 Å². The van der Waals surface area contributed by atoms with E-state index >= 15 is 0 Å². The fourth-order valence-electron chi connectivity index (χ4n) is 2.43. The van der Waals surface area contributed by atoms with Crippen molar-refractivity contribution in [2.24, 2.45) is 0 Å². The van der Waals surface area contributed by atoms with Gasteiger partial charge < -0.3 is 10.3 Å². The summed E-state index contributed by atoms with van der Waals surface area (Å²) < 4.78 is 0. The molecule has 1 fully saturated rings. The van der Waals surface area contributed by atoms with Gasteiger partial charge in [-0.2, -0.15) is 0 Å². The number of imidazole rings is 1. The first-order valence-electron chi connectivity index (χ1n) is 5.85. The minimum atomic E-state index is 0.174. The lowest BCUT2D eigenvalue weighted by molar-refractivity contribution is 0.496. The minimum Gasteiger partial charge on any atom is -0.341 e. The summed E-state index contributed by atoms with van der Waals surface area (Å²) in [5, 5.41) is 3.41. The first-order valence-corrected chi connectivity index (χ1v) is 5.85.